The third kappa shape index (κ3) is 4.43. The lowest BCUT2D eigenvalue weighted by molar-refractivity contribution is 0.653. The molecule has 0 saturated carbocycles. The predicted octanol–water partition coefficient (Wildman–Crippen LogP) is 11.7. The lowest BCUT2D eigenvalue weighted by Gasteiger charge is -2.24. The summed E-state index contributed by atoms with van der Waals surface area (Å²) in [6, 6.07) is 37.2. The standard InChI is InChI=1S/C42H37N3O/c1-24(2)34-22-31(30-18-17-28-11-7-8-12-29(28)21-30)23-35(25(3)4)39(34)45-37-14-10-9-13-36(37)44-41(45)33-19-15-26(5)38-32-20-16-27(6)43-42(32)46-40(33)38/h7-25H,1-6H3. The summed E-state index contributed by atoms with van der Waals surface area (Å²) in [6.07, 6.45) is 0. The zero-order valence-electron chi connectivity index (χ0n) is 27.2. The Balaban J connectivity index is 1.45. The Morgan fingerprint density at radius 3 is 2.13 bits per heavy atom. The second-order valence-corrected chi connectivity index (χ2v) is 13.2. The van der Waals surface area contributed by atoms with Crippen molar-refractivity contribution in [1.82, 2.24) is 14.5 Å². The minimum absolute atomic E-state index is 0.276. The van der Waals surface area contributed by atoms with Crippen LogP contribution in [0, 0.1) is 13.8 Å². The molecule has 0 spiro atoms. The highest BCUT2D eigenvalue weighted by Gasteiger charge is 2.26. The van der Waals surface area contributed by atoms with E-state index in [0.717, 1.165) is 50.0 Å². The highest BCUT2D eigenvalue weighted by atomic mass is 16.3. The quantitative estimate of drug-likeness (QED) is 0.198. The minimum atomic E-state index is 0.276. The molecule has 0 radical (unpaired) electrons. The van der Waals surface area contributed by atoms with Gasteiger partial charge in [-0.05, 0) is 113 Å². The van der Waals surface area contributed by atoms with Gasteiger partial charge in [0.25, 0.3) is 0 Å². The highest BCUT2D eigenvalue weighted by molar-refractivity contribution is 6.10. The third-order valence-electron chi connectivity index (χ3n) is 9.35. The molecule has 3 aromatic heterocycles. The van der Waals surface area contributed by atoms with E-state index in [1.165, 1.54) is 38.7 Å². The number of fused-ring (bicyclic) bond motifs is 5. The SMILES string of the molecule is Cc1ccc2c(n1)oc1c(-c3nc4ccccc4n3-c3c(C(C)C)cc(-c4ccc5ccccc5c4)cc3C(C)C)ccc(C)c12. The first-order valence-electron chi connectivity index (χ1n) is 16.2. The lowest BCUT2D eigenvalue weighted by atomic mass is 9.87. The van der Waals surface area contributed by atoms with Gasteiger partial charge in [0.1, 0.15) is 11.4 Å². The van der Waals surface area contributed by atoms with Gasteiger partial charge in [0.2, 0.25) is 5.71 Å². The van der Waals surface area contributed by atoms with Crippen molar-refractivity contribution in [2.45, 2.75) is 53.4 Å². The number of imidazole rings is 1. The van der Waals surface area contributed by atoms with E-state index in [1.54, 1.807) is 0 Å². The maximum Gasteiger partial charge on any atom is 0.227 e. The van der Waals surface area contributed by atoms with Gasteiger partial charge >= 0.3 is 0 Å². The van der Waals surface area contributed by atoms with Crippen molar-refractivity contribution in [2.75, 3.05) is 0 Å². The third-order valence-corrected chi connectivity index (χ3v) is 9.35. The van der Waals surface area contributed by atoms with Gasteiger partial charge in [-0.3, -0.25) is 4.57 Å². The first-order valence-corrected chi connectivity index (χ1v) is 16.2. The maximum atomic E-state index is 6.59. The van der Waals surface area contributed by atoms with Crippen molar-refractivity contribution >= 4 is 43.9 Å². The molecule has 8 aromatic rings. The summed E-state index contributed by atoms with van der Waals surface area (Å²) in [4.78, 5) is 10.1. The van der Waals surface area contributed by atoms with Gasteiger partial charge in [0.15, 0.2) is 0 Å². The van der Waals surface area contributed by atoms with E-state index >= 15 is 0 Å². The summed E-state index contributed by atoms with van der Waals surface area (Å²) in [5.74, 6) is 1.43. The van der Waals surface area contributed by atoms with E-state index in [-0.39, 0.29) is 11.8 Å². The van der Waals surface area contributed by atoms with Crippen LogP contribution in [0.2, 0.25) is 0 Å². The molecule has 8 rings (SSSR count). The number of nitrogens with zero attached hydrogens (tertiary/aromatic N) is 3. The van der Waals surface area contributed by atoms with Crippen LogP contribution in [0.5, 0.6) is 0 Å². The molecule has 0 aliphatic rings. The molecule has 0 amide bonds. The summed E-state index contributed by atoms with van der Waals surface area (Å²) in [7, 11) is 0. The number of aromatic nitrogens is 3. The van der Waals surface area contributed by atoms with Gasteiger partial charge in [-0.2, -0.15) is 0 Å². The van der Waals surface area contributed by atoms with Crippen molar-refractivity contribution in [1.29, 1.82) is 0 Å². The zero-order chi connectivity index (χ0) is 31.7. The lowest BCUT2D eigenvalue weighted by Crippen LogP contribution is -2.09. The first kappa shape index (κ1) is 28.3. The fourth-order valence-electron chi connectivity index (χ4n) is 6.98. The number of benzene rings is 5. The van der Waals surface area contributed by atoms with Gasteiger partial charge in [-0.25, -0.2) is 9.97 Å². The number of para-hydroxylation sites is 2. The van der Waals surface area contributed by atoms with Crippen LogP contribution in [0.4, 0.5) is 0 Å². The normalized spacial score (nSPS) is 12.1. The molecule has 5 aromatic carbocycles. The van der Waals surface area contributed by atoms with Crippen molar-refractivity contribution in [3.05, 3.63) is 126 Å². The molecule has 4 nitrogen and oxygen atoms in total. The number of furan rings is 1. The van der Waals surface area contributed by atoms with Gasteiger partial charge in [0.05, 0.1) is 22.3 Å². The van der Waals surface area contributed by atoms with Crippen LogP contribution in [-0.2, 0) is 0 Å². The van der Waals surface area contributed by atoms with Gasteiger partial charge in [0, 0.05) is 16.5 Å². The average molecular weight is 600 g/mol. The molecule has 0 bridgehead atoms. The molecule has 0 saturated heterocycles. The molecule has 4 heteroatoms. The maximum absolute atomic E-state index is 6.59. The van der Waals surface area contributed by atoms with Crippen LogP contribution >= 0.6 is 0 Å². The topological polar surface area (TPSA) is 43.9 Å². The number of rotatable bonds is 5. The number of pyridine rings is 1. The van der Waals surface area contributed by atoms with E-state index in [0.29, 0.717) is 5.71 Å². The zero-order valence-corrected chi connectivity index (χ0v) is 27.2. The second-order valence-electron chi connectivity index (χ2n) is 13.2. The Bertz CT molecular complexity index is 2430. The average Bonchev–Trinajstić information content (AvgIpc) is 3.63. The van der Waals surface area contributed by atoms with Crippen LogP contribution in [0.25, 0.3) is 72.1 Å². The number of hydrogen-bond acceptors (Lipinski definition) is 3. The van der Waals surface area contributed by atoms with Crippen LogP contribution in [0.1, 0.15) is 61.9 Å². The monoisotopic (exact) mass is 599 g/mol. The fraction of sp³-hybridized carbons (Fsp3) is 0.190. The minimum Gasteiger partial charge on any atom is -0.437 e. The highest BCUT2D eigenvalue weighted by Crippen LogP contribution is 2.43. The molecule has 0 aliphatic carbocycles. The van der Waals surface area contributed by atoms with Gasteiger partial charge in [-0.15, -0.1) is 0 Å². The van der Waals surface area contributed by atoms with Gasteiger partial charge < -0.3 is 4.42 Å². The second kappa shape index (κ2) is 10.7. The van der Waals surface area contributed by atoms with Crippen molar-refractivity contribution in [3.63, 3.8) is 0 Å². The molecule has 0 atom stereocenters. The fourth-order valence-corrected chi connectivity index (χ4v) is 6.98. The Labute approximate surface area is 269 Å². The van der Waals surface area contributed by atoms with Crippen LogP contribution < -0.4 is 0 Å². The molecule has 226 valence electrons. The molecular weight excluding hydrogens is 562 g/mol. The molecule has 0 unspecified atom stereocenters. The van der Waals surface area contributed by atoms with Crippen molar-refractivity contribution in [2.24, 2.45) is 0 Å². The summed E-state index contributed by atoms with van der Waals surface area (Å²) in [5, 5.41) is 4.64. The van der Waals surface area contributed by atoms with Crippen LogP contribution in [0.15, 0.2) is 108 Å². The molecule has 0 N–H and O–H groups in total. The molecule has 3 heterocycles. The molecule has 46 heavy (non-hydrogen) atoms. The molecule has 0 fully saturated rings. The van der Waals surface area contributed by atoms with Gasteiger partial charge in [-0.1, -0.05) is 82.3 Å². The number of hydrogen-bond donors (Lipinski definition) is 0. The van der Waals surface area contributed by atoms with Crippen molar-refractivity contribution < 1.29 is 4.42 Å². The Morgan fingerprint density at radius 1 is 0.652 bits per heavy atom. The first-order chi connectivity index (χ1) is 22.3. The summed E-state index contributed by atoms with van der Waals surface area (Å²) in [5.41, 5.74) is 12.9. The summed E-state index contributed by atoms with van der Waals surface area (Å²) in [6.45, 7) is 13.3. The van der Waals surface area contributed by atoms with Crippen LogP contribution in [-0.4, -0.2) is 14.5 Å². The summed E-state index contributed by atoms with van der Waals surface area (Å²) >= 11 is 0. The van der Waals surface area contributed by atoms with E-state index in [4.69, 9.17) is 14.4 Å². The number of aryl methyl sites for hydroxylation is 2. The van der Waals surface area contributed by atoms with E-state index in [2.05, 4.69) is 142 Å². The Hall–Kier alpha value is -5.22. The Kier molecular flexibility index (Phi) is 6.57. The van der Waals surface area contributed by atoms with E-state index < -0.39 is 0 Å². The summed E-state index contributed by atoms with van der Waals surface area (Å²) < 4.78 is 8.98. The largest absolute Gasteiger partial charge is 0.437 e. The van der Waals surface area contributed by atoms with E-state index in [1.807, 2.05) is 6.92 Å². The molecule has 0 aliphatic heterocycles. The van der Waals surface area contributed by atoms with E-state index in [9.17, 15) is 0 Å². The van der Waals surface area contributed by atoms with Crippen LogP contribution in [0.3, 0.4) is 0 Å². The smallest absolute Gasteiger partial charge is 0.227 e. The predicted molar refractivity (Wildman–Crippen MR) is 192 cm³/mol. The molecular formula is C42H37N3O. The Morgan fingerprint density at radius 2 is 1.37 bits per heavy atom. The van der Waals surface area contributed by atoms with Crippen molar-refractivity contribution in [3.8, 4) is 28.2 Å².